The van der Waals surface area contributed by atoms with Crippen LogP contribution < -0.4 is 0 Å². The van der Waals surface area contributed by atoms with Gasteiger partial charge in [0.15, 0.2) is 0 Å². The van der Waals surface area contributed by atoms with Crippen LogP contribution in [-0.4, -0.2) is 6.29 Å². The molecule has 0 aliphatic heterocycles. The molecule has 0 N–H and O–H groups in total. The monoisotopic (exact) mass is 188 g/mol. The summed E-state index contributed by atoms with van der Waals surface area (Å²) in [6.07, 6.45) is 4.57. The molecular weight excluding hydrogens is 172 g/mol. The van der Waals surface area contributed by atoms with E-state index >= 15 is 0 Å². The van der Waals surface area contributed by atoms with Crippen LogP contribution in [-0.2, 0) is 11.2 Å². The van der Waals surface area contributed by atoms with Crippen LogP contribution in [0.15, 0.2) is 24.3 Å². The maximum absolute atomic E-state index is 10.9. The minimum absolute atomic E-state index is 0.260. The molecule has 0 heterocycles. The molecule has 1 aromatic carbocycles. The van der Waals surface area contributed by atoms with E-state index in [0.29, 0.717) is 5.92 Å². The Morgan fingerprint density at radius 1 is 1.43 bits per heavy atom. The molecule has 1 aliphatic carbocycles. The number of aryl methyl sites for hydroxylation is 1. The Hall–Kier alpha value is -1.11. The maximum atomic E-state index is 10.9. The van der Waals surface area contributed by atoms with Crippen LogP contribution in [0.5, 0.6) is 0 Å². The Morgan fingerprint density at radius 2 is 2.14 bits per heavy atom. The van der Waals surface area contributed by atoms with Crippen molar-refractivity contribution in [2.24, 2.45) is 11.8 Å². The van der Waals surface area contributed by atoms with Crippen LogP contribution in [0.3, 0.4) is 0 Å². The Bertz CT molecular complexity index is 326. The lowest BCUT2D eigenvalue weighted by Gasteiger charge is -2.10. The topological polar surface area (TPSA) is 17.1 Å². The molecule has 1 unspecified atom stereocenters. The minimum Gasteiger partial charge on any atom is -0.303 e. The lowest BCUT2D eigenvalue weighted by molar-refractivity contribution is -0.111. The molecule has 2 rings (SSSR count). The zero-order valence-corrected chi connectivity index (χ0v) is 8.57. The van der Waals surface area contributed by atoms with E-state index in [2.05, 4.69) is 25.1 Å². The first kappa shape index (κ1) is 9.45. The van der Waals surface area contributed by atoms with Crippen molar-refractivity contribution in [2.45, 2.75) is 26.2 Å². The average Bonchev–Trinajstić information content (AvgIpc) is 3.00. The lowest BCUT2D eigenvalue weighted by Crippen LogP contribution is -2.09. The molecule has 14 heavy (non-hydrogen) atoms. The highest BCUT2D eigenvalue weighted by Crippen LogP contribution is 2.37. The molecular formula is C13H16O. The molecule has 1 aliphatic rings. The highest BCUT2D eigenvalue weighted by Gasteiger charge is 2.30. The van der Waals surface area contributed by atoms with E-state index in [1.807, 2.05) is 6.07 Å². The van der Waals surface area contributed by atoms with Crippen LogP contribution in [0.25, 0.3) is 0 Å². The van der Waals surface area contributed by atoms with E-state index in [0.717, 1.165) is 12.7 Å². The molecule has 1 aromatic rings. The van der Waals surface area contributed by atoms with Crippen LogP contribution in [0.4, 0.5) is 0 Å². The summed E-state index contributed by atoms with van der Waals surface area (Å²) in [6.45, 7) is 2.12. The molecule has 0 bridgehead atoms. The van der Waals surface area contributed by atoms with E-state index < -0.39 is 0 Å². The Kier molecular flexibility index (Phi) is 2.67. The molecule has 74 valence electrons. The SMILES string of the molecule is Cc1ccccc1CC(C=O)C1CC1. The van der Waals surface area contributed by atoms with E-state index in [9.17, 15) is 4.79 Å². The Balaban J connectivity index is 2.08. The zero-order chi connectivity index (χ0) is 9.97. The van der Waals surface area contributed by atoms with Gasteiger partial charge in [0.1, 0.15) is 6.29 Å². The third kappa shape index (κ3) is 2.03. The molecule has 0 aromatic heterocycles. The number of hydrogen-bond acceptors (Lipinski definition) is 1. The van der Waals surface area contributed by atoms with Gasteiger partial charge in [0.25, 0.3) is 0 Å². The normalized spacial score (nSPS) is 17.8. The second-order valence-corrected chi connectivity index (χ2v) is 4.27. The molecule has 0 saturated heterocycles. The van der Waals surface area contributed by atoms with Crippen LogP contribution >= 0.6 is 0 Å². The summed E-state index contributed by atoms with van der Waals surface area (Å²) in [5.74, 6) is 0.934. The molecule has 0 radical (unpaired) electrons. The molecule has 1 fully saturated rings. The van der Waals surface area contributed by atoms with Gasteiger partial charge in [-0.3, -0.25) is 0 Å². The van der Waals surface area contributed by atoms with Crippen molar-refractivity contribution in [2.75, 3.05) is 0 Å². The Labute approximate surface area is 85.1 Å². The van der Waals surface area contributed by atoms with Gasteiger partial charge in [-0.1, -0.05) is 24.3 Å². The maximum Gasteiger partial charge on any atom is 0.123 e. The molecule has 1 heteroatoms. The van der Waals surface area contributed by atoms with Crippen molar-refractivity contribution in [3.05, 3.63) is 35.4 Å². The number of carbonyl (C=O) groups excluding carboxylic acids is 1. The molecule has 1 atom stereocenters. The summed E-state index contributed by atoms with van der Waals surface area (Å²) >= 11 is 0. The van der Waals surface area contributed by atoms with E-state index in [1.54, 1.807) is 0 Å². The van der Waals surface area contributed by atoms with Gasteiger partial charge >= 0.3 is 0 Å². The second kappa shape index (κ2) is 3.95. The molecule has 1 saturated carbocycles. The van der Waals surface area contributed by atoms with Gasteiger partial charge in [0.05, 0.1) is 0 Å². The van der Waals surface area contributed by atoms with Gasteiger partial charge in [-0.2, -0.15) is 0 Å². The first-order valence-electron chi connectivity index (χ1n) is 5.31. The predicted molar refractivity (Wildman–Crippen MR) is 57.2 cm³/mol. The standard InChI is InChI=1S/C13H16O/c1-10-4-2-3-5-12(10)8-13(9-14)11-6-7-11/h2-5,9,11,13H,6-8H2,1H3. The fourth-order valence-corrected chi connectivity index (χ4v) is 1.94. The lowest BCUT2D eigenvalue weighted by atomic mass is 9.94. The van der Waals surface area contributed by atoms with Crippen molar-refractivity contribution in [3.63, 3.8) is 0 Å². The quantitative estimate of drug-likeness (QED) is 0.664. The van der Waals surface area contributed by atoms with Crippen molar-refractivity contribution < 1.29 is 4.79 Å². The average molecular weight is 188 g/mol. The smallest absolute Gasteiger partial charge is 0.123 e. The number of aldehydes is 1. The molecule has 0 spiro atoms. The van der Waals surface area contributed by atoms with E-state index in [1.165, 1.54) is 24.0 Å². The third-order valence-corrected chi connectivity index (χ3v) is 3.12. The van der Waals surface area contributed by atoms with Crippen molar-refractivity contribution >= 4 is 6.29 Å². The van der Waals surface area contributed by atoms with Crippen LogP contribution in [0.1, 0.15) is 24.0 Å². The number of hydrogen-bond donors (Lipinski definition) is 0. The van der Waals surface area contributed by atoms with Gasteiger partial charge in [-0.15, -0.1) is 0 Å². The van der Waals surface area contributed by atoms with E-state index in [-0.39, 0.29) is 5.92 Å². The van der Waals surface area contributed by atoms with Crippen LogP contribution in [0.2, 0.25) is 0 Å². The van der Waals surface area contributed by atoms with Gasteiger partial charge in [0.2, 0.25) is 0 Å². The van der Waals surface area contributed by atoms with E-state index in [4.69, 9.17) is 0 Å². The zero-order valence-electron chi connectivity index (χ0n) is 8.57. The number of benzene rings is 1. The summed E-state index contributed by atoms with van der Waals surface area (Å²) in [5.41, 5.74) is 2.64. The number of carbonyl (C=O) groups is 1. The summed E-state index contributed by atoms with van der Waals surface area (Å²) in [6, 6.07) is 8.35. The van der Waals surface area contributed by atoms with Gasteiger partial charge in [-0.05, 0) is 43.2 Å². The molecule has 1 nitrogen and oxygen atoms in total. The van der Waals surface area contributed by atoms with Gasteiger partial charge in [0, 0.05) is 5.92 Å². The largest absolute Gasteiger partial charge is 0.303 e. The number of rotatable bonds is 4. The van der Waals surface area contributed by atoms with Gasteiger partial charge < -0.3 is 4.79 Å². The summed E-state index contributed by atoms with van der Waals surface area (Å²) < 4.78 is 0. The Morgan fingerprint density at radius 3 is 2.71 bits per heavy atom. The first-order chi connectivity index (χ1) is 6.81. The van der Waals surface area contributed by atoms with Crippen molar-refractivity contribution in [1.29, 1.82) is 0 Å². The summed E-state index contributed by atoms with van der Waals surface area (Å²) in [4.78, 5) is 10.9. The summed E-state index contributed by atoms with van der Waals surface area (Å²) in [7, 11) is 0. The molecule has 0 amide bonds. The van der Waals surface area contributed by atoms with Gasteiger partial charge in [-0.25, -0.2) is 0 Å². The second-order valence-electron chi connectivity index (χ2n) is 4.27. The predicted octanol–water partition coefficient (Wildman–Crippen LogP) is 2.76. The summed E-state index contributed by atoms with van der Waals surface area (Å²) in [5, 5.41) is 0. The third-order valence-electron chi connectivity index (χ3n) is 3.12. The highest BCUT2D eigenvalue weighted by atomic mass is 16.1. The van der Waals surface area contributed by atoms with Crippen molar-refractivity contribution in [3.8, 4) is 0 Å². The highest BCUT2D eigenvalue weighted by molar-refractivity contribution is 5.56. The minimum atomic E-state index is 0.260. The van der Waals surface area contributed by atoms with Crippen molar-refractivity contribution in [1.82, 2.24) is 0 Å². The fraction of sp³-hybridized carbons (Fsp3) is 0.462. The fourth-order valence-electron chi connectivity index (χ4n) is 1.94. The first-order valence-corrected chi connectivity index (χ1v) is 5.31. The van der Waals surface area contributed by atoms with Crippen LogP contribution in [0, 0.1) is 18.8 Å².